The SMILES string of the molecule is CC(C)C(O)C1COC(C)(C)O1. The van der Waals surface area contributed by atoms with Crippen molar-refractivity contribution in [1.82, 2.24) is 0 Å². The summed E-state index contributed by atoms with van der Waals surface area (Å²) in [4.78, 5) is 0. The van der Waals surface area contributed by atoms with E-state index in [-0.39, 0.29) is 12.0 Å². The number of hydrogen-bond acceptors (Lipinski definition) is 3. The maximum atomic E-state index is 9.65. The quantitative estimate of drug-likeness (QED) is 0.682. The van der Waals surface area contributed by atoms with Gasteiger partial charge in [0.25, 0.3) is 0 Å². The lowest BCUT2D eigenvalue weighted by Crippen LogP contribution is -2.34. The summed E-state index contributed by atoms with van der Waals surface area (Å²) in [6.45, 7) is 8.16. The molecule has 3 heteroatoms. The Labute approximate surface area is 73.7 Å². The third kappa shape index (κ3) is 2.19. The number of hydrogen-bond donors (Lipinski definition) is 1. The topological polar surface area (TPSA) is 38.7 Å². The molecular weight excluding hydrogens is 156 g/mol. The molecule has 1 saturated heterocycles. The van der Waals surface area contributed by atoms with Gasteiger partial charge in [-0.25, -0.2) is 0 Å². The zero-order valence-electron chi connectivity index (χ0n) is 8.20. The van der Waals surface area contributed by atoms with E-state index in [0.717, 1.165) is 0 Å². The molecule has 0 radical (unpaired) electrons. The Morgan fingerprint density at radius 3 is 2.33 bits per heavy atom. The molecule has 3 nitrogen and oxygen atoms in total. The van der Waals surface area contributed by atoms with E-state index in [1.54, 1.807) is 0 Å². The Balaban J connectivity index is 2.47. The van der Waals surface area contributed by atoms with Crippen LogP contribution in [0.1, 0.15) is 27.7 Å². The molecule has 1 heterocycles. The molecule has 2 atom stereocenters. The van der Waals surface area contributed by atoms with Crippen molar-refractivity contribution < 1.29 is 14.6 Å². The van der Waals surface area contributed by atoms with E-state index in [4.69, 9.17) is 9.47 Å². The van der Waals surface area contributed by atoms with Gasteiger partial charge in [-0.1, -0.05) is 13.8 Å². The summed E-state index contributed by atoms with van der Waals surface area (Å²) < 4.78 is 10.8. The number of aliphatic hydroxyl groups excluding tert-OH is 1. The van der Waals surface area contributed by atoms with Gasteiger partial charge in [-0.2, -0.15) is 0 Å². The molecule has 1 N–H and O–H groups in total. The molecular formula is C9H18O3. The van der Waals surface area contributed by atoms with E-state index < -0.39 is 11.9 Å². The first-order valence-corrected chi connectivity index (χ1v) is 4.42. The maximum absolute atomic E-state index is 9.65. The van der Waals surface area contributed by atoms with Crippen LogP contribution in [0.25, 0.3) is 0 Å². The highest BCUT2D eigenvalue weighted by molar-refractivity contribution is 4.79. The van der Waals surface area contributed by atoms with E-state index >= 15 is 0 Å². The summed E-state index contributed by atoms with van der Waals surface area (Å²) in [7, 11) is 0. The lowest BCUT2D eigenvalue weighted by atomic mass is 10.0. The van der Waals surface area contributed by atoms with Gasteiger partial charge < -0.3 is 14.6 Å². The molecule has 2 unspecified atom stereocenters. The van der Waals surface area contributed by atoms with Gasteiger partial charge in [-0.15, -0.1) is 0 Å². The predicted octanol–water partition coefficient (Wildman–Crippen LogP) is 1.15. The normalized spacial score (nSPS) is 31.0. The van der Waals surface area contributed by atoms with E-state index in [1.807, 2.05) is 27.7 Å². The smallest absolute Gasteiger partial charge is 0.163 e. The van der Waals surface area contributed by atoms with E-state index in [9.17, 15) is 5.11 Å². The average Bonchev–Trinajstić information content (AvgIpc) is 2.28. The first kappa shape index (κ1) is 9.96. The highest BCUT2D eigenvalue weighted by atomic mass is 16.7. The highest BCUT2D eigenvalue weighted by Gasteiger charge is 2.37. The summed E-state index contributed by atoms with van der Waals surface area (Å²) >= 11 is 0. The monoisotopic (exact) mass is 174 g/mol. The maximum Gasteiger partial charge on any atom is 0.163 e. The Hall–Kier alpha value is -0.120. The van der Waals surface area contributed by atoms with Gasteiger partial charge in [-0.05, 0) is 19.8 Å². The first-order valence-electron chi connectivity index (χ1n) is 4.42. The zero-order valence-corrected chi connectivity index (χ0v) is 8.20. The van der Waals surface area contributed by atoms with Crippen LogP contribution in [0.15, 0.2) is 0 Å². The van der Waals surface area contributed by atoms with Crippen molar-refractivity contribution in [3.63, 3.8) is 0 Å². The summed E-state index contributed by atoms with van der Waals surface area (Å²) in [5.74, 6) is -0.312. The minimum Gasteiger partial charge on any atom is -0.390 e. The Bertz CT molecular complexity index is 154. The van der Waals surface area contributed by atoms with Crippen molar-refractivity contribution in [2.24, 2.45) is 5.92 Å². The molecule has 0 aromatic rings. The van der Waals surface area contributed by atoms with Crippen LogP contribution in [0.2, 0.25) is 0 Å². The molecule has 1 fully saturated rings. The number of aliphatic hydroxyl groups is 1. The third-order valence-corrected chi connectivity index (χ3v) is 2.09. The van der Waals surface area contributed by atoms with Gasteiger partial charge in [0, 0.05) is 0 Å². The van der Waals surface area contributed by atoms with Gasteiger partial charge in [0.2, 0.25) is 0 Å². The molecule has 0 aromatic heterocycles. The van der Waals surface area contributed by atoms with Gasteiger partial charge in [0.15, 0.2) is 5.79 Å². The molecule has 1 aliphatic rings. The summed E-state index contributed by atoms with van der Waals surface area (Å²) in [6.07, 6.45) is -0.591. The third-order valence-electron chi connectivity index (χ3n) is 2.09. The van der Waals surface area contributed by atoms with Crippen LogP contribution < -0.4 is 0 Å². The van der Waals surface area contributed by atoms with Crippen molar-refractivity contribution >= 4 is 0 Å². The Morgan fingerprint density at radius 1 is 1.42 bits per heavy atom. The fourth-order valence-corrected chi connectivity index (χ4v) is 1.31. The first-order chi connectivity index (χ1) is 5.42. The van der Waals surface area contributed by atoms with E-state index in [2.05, 4.69) is 0 Å². The van der Waals surface area contributed by atoms with Gasteiger partial charge in [-0.3, -0.25) is 0 Å². The minimum absolute atomic E-state index is 0.167. The zero-order chi connectivity index (χ0) is 9.35. The van der Waals surface area contributed by atoms with Gasteiger partial charge in [0.05, 0.1) is 12.7 Å². The van der Waals surface area contributed by atoms with Crippen molar-refractivity contribution in [3.05, 3.63) is 0 Å². The van der Waals surface area contributed by atoms with Crippen molar-refractivity contribution in [3.8, 4) is 0 Å². The molecule has 0 saturated carbocycles. The van der Waals surface area contributed by atoms with Crippen LogP contribution in [0.5, 0.6) is 0 Å². The van der Waals surface area contributed by atoms with Crippen LogP contribution in [0, 0.1) is 5.92 Å². The van der Waals surface area contributed by atoms with Crippen LogP contribution in [-0.2, 0) is 9.47 Å². The summed E-state index contributed by atoms with van der Waals surface area (Å²) in [5, 5.41) is 9.65. The van der Waals surface area contributed by atoms with Crippen LogP contribution in [0.3, 0.4) is 0 Å². The highest BCUT2D eigenvalue weighted by Crippen LogP contribution is 2.26. The van der Waals surface area contributed by atoms with Gasteiger partial charge >= 0.3 is 0 Å². The standard InChI is InChI=1S/C9H18O3/c1-6(2)8(10)7-5-11-9(3,4)12-7/h6-8,10H,5H2,1-4H3. The van der Waals surface area contributed by atoms with Crippen LogP contribution in [0.4, 0.5) is 0 Å². The molecule has 0 aliphatic carbocycles. The fraction of sp³-hybridized carbons (Fsp3) is 1.00. The van der Waals surface area contributed by atoms with E-state index in [0.29, 0.717) is 6.61 Å². The largest absolute Gasteiger partial charge is 0.390 e. The average molecular weight is 174 g/mol. The lowest BCUT2D eigenvalue weighted by molar-refractivity contribution is -0.154. The molecule has 1 rings (SSSR count). The molecule has 72 valence electrons. The second kappa shape index (κ2) is 3.32. The van der Waals surface area contributed by atoms with Gasteiger partial charge in [0.1, 0.15) is 6.10 Å². The lowest BCUT2D eigenvalue weighted by Gasteiger charge is -2.22. The molecule has 0 amide bonds. The number of ether oxygens (including phenoxy) is 2. The van der Waals surface area contributed by atoms with Crippen molar-refractivity contribution in [1.29, 1.82) is 0 Å². The second-order valence-corrected chi connectivity index (χ2v) is 4.10. The molecule has 0 spiro atoms. The van der Waals surface area contributed by atoms with Crippen molar-refractivity contribution in [2.75, 3.05) is 6.61 Å². The summed E-state index contributed by atoms with van der Waals surface area (Å²) in [6, 6.07) is 0. The fourth-order valence-electron chi connectivity index (χ4n) is 1.31. The summed E-state index contributed by atoms with van der Waals surface area (Å²) in [5.41, 5.74) is 0. The van der Waals surface area contributed by atoms with E-state index in [1.165, 1.54) is 0 Å². The molecule has 0 bridgehead atoms. The predicted molar refractivity (Wildman–Crippen MR) is 45.7 cm³/mol. The number of rotatable bonds is 2. The Morgan fingerprint density at radius 2 is 2.00 bits per heavy atom. The molecule has 12 heavy (non-hydrogen) atoms. The minimum atomic E-state index is -0.527. The Kier molecular flexibility index (Phi) is 2.76. The van der Waals surface area contributed by atoms with Crippen LogP contribution >= 0.6 is 0 Å². The molecule has 1 aliphatic heterocycles. The second-order valence-electron chi connectivity index (χ2n) is 4.10. The molecule has 0 aromatic carbocycles. The van der Waals surface area contributed by atoms with Crippen molar-refractivity contribution in [2.45, 2.75) is 45.7 Å². The van der Waals surface area contributed by atoms with Crippen LogP contribution in [-0.4, -0.2) is 29.7 Å².